The van der Waals surface area contributed by atoms with Crippen LogP contribution in [0, 0.1) is 11.8 Å². The van der Waals surface area contributed by atoms with Gasteiger partial charge in [0.2, 0.25) is 0 Å². The van der Waals surface area contributed by atoms with Crippen LogP contribution < -0.4 is 5.90 Å². The molecule has 5 heteroatoms. The number of halogens is 3. The van der Waals surface area contributed by atoms with Crippen molar-refractivity contribution in [2.45, 2.75) is 19.0 Å². The van der Waals surface area contributed by atoms with Crippen molar-refractivity contribution in [3.63, 3.8) is 0 Å². The summed E-state index contributed by atoms with van der Waals surface area (Å²) < 4.78 is 35.9. The van der Waals surface area contributed by atoms with Crippen molar-refractivity contribution in [3.8, 4) is 0 Å². The van der Waals surface area contributed by atoms with E-state index in [9.17, 15) is 13.2 Å². The van der Waals surface area contributed by atoms with Crippen molar-refractivity contribution in [3.05, 3.63) is 0 Å². The van der Waals surface area contributed by atoms with Gasteiger partial charge in [0, 0.05) is 0 Å². The lowest BCUT2D eigenvalue weighted by molar-refractivity contribution is -0.219. The molecule has 0 bridgehead atoms. The van der Waals surface area contributed by atoms with Crippen molar-refractivity contribution in [2.24, 2.45) is 17.7 Å². The monoisotopic (exact) mass is 169 g/mol. The molecule has 0 aromatic carbocycles. The average molecular weight is 169 g/mol. The third-order valence-electron chi connectivity index (χ3n) is 2.15. The molecule has 0 aromatic heterocycles. The van der Waals surface area contributed by atoms with E-state index in [2.05, 4.69) is 10.7 Å². The maximum Gasteiger partial charge on any atom is 0.392 e. The van der Waals surface area contributed by atoms with E-state index in [0.717, 1.165) is 0 Å². The minimum Gasteiger partial charge on any atom is -0.304 e. The molecule has 0 unspecified atom stereocenters. The van der Waals surface area contributed by atoms with Gasteiger partial charge in [-0.2, -0.15) is 13.2 Å². The van der Waals surface area contributed by atoms with E-state index in [0.29, 0.717) is 6.42 Å². The number of rotatable bonds is 2. The lowest BCUT2D eigenvalue weighted by atomic mass is 9.74. The van der Waals surface area contributed by atoms with E-state index >= 15 is 0 Å². The Balaban J connectivity index is 2.37. The number of hydrogen-bond acceptors (Lipinski definition) is 2. The van der Waals surface area contributed by atoms with Crippen LogP contribution in [-0.2, 0) is 4.84 Å². The predicted molar refractivity (Wildman–Crippen MR) is 32.4 cm³/mol. The van der Waals surface area contributed by atoms with Gasteiger partial charge in [0.05, 0.1) is 12.5 Å². The van der Waals surface area contributed by atoms with Gasteiger partial charge in [-0.3, -0.25) is 0 Å². The molecule has 0 heterocycles. The summed E-state index contributed by atoms with van der Waals surface area (Å²) >= 11 is 0. The Hall–Kier alpha value is -0.290. The van der Waals surface area contributed by atoms with E-state index in [1.807, 2.05) is 0 Å². The van der Waals surface area contributed by atoms with Gasteiger partial charge in [-0.25, -0.2) is 5.90 Å². The highest BCUT2D eigenvalue weighted by molar-refractivity contribution is 4.85. The van der Waals surface area contributed by atoms with E-state index in [1.54, 1.807) is 0 Å². The lowest BCUT2D eigenvalue weighted by Crippen LogP contribution is -2.40. The minimum absolute atomic E-state index is 0.0180. The molecule has 0 saturated heterocycles. The average Bonchev–Trinajstić information content (AvgIpc) is 1.75. The summed E-state index contributed by atoms with van der Waals surface area (Å²) in [7, 11) is 0. The zero-order valence-electron chi connectivity index (χ0n) is 5.90. The van der Waals surface area contributed by atoms with Crippen LogP contribution in [0.1, 0.15) is 12.8 Å². The van der Waals surface area contributed by atoms with Gasteiger partial charge >= 0.3 is 6.18 Å². The van der Waals surface area contributed by atoms with Crippen LogP contribution in [0.2, 0.25) is 0 Å². The Bertz CT molecular complexity index is 136. The Morgan fingerprint density at radius 1 is 1.36 bits per heavy atom. The van der Waals surface area contributed by atoms with E-state index in [4.69, 9.17) is 0 Å². The summed E-state index contributed by atoms with van der Waals surface area (Å²) in [5.74, 6) is 3.07. The van der Waals surface area contributed by atoms with Gasteiger partial charge in [0.25, 0.3) is 0 Å². The quantitative estimate of drug-likeness (QED) is 0.635. The van der Waals surface area contributed by atoms with E-state index in [-0.39, 0.29) is 13.0 Å². The zero-order valence-corrected chi connectivity index (χ0v) is 5.90. The summed E-state index contributed by atoms with van der Waals surface area (Å²) in [6.07, 6.45) is -3.28. The van der Waals surface area contributed by atoms with Crippen LogP contribution in [0.3, 0.4) is 0 Å². The van der Waals surface area contributed by atoms with Crippen LogP contribution in [0.4, 0.5) is 13.2 Å². The van der Waals surface area contributed by atoms with Crippen molar-refractivity contribution in [1.82, 2.24) is 0 Å². The lowest BCUT2D eigenvalue weighted by Gasteiger charge is -2.36. The molecule has 1 rings (SSSR count). The van der Waals surface area contributed by atoms with E-state index < -0.39 is 18.0 Å². The molecular weight excluding hydrogens is 159 g/mol. The number of alkyl halides is 3. The van der Waals surface area contributed by atoms with Crippen LogP contribution in [0.15, 0.2) is 0 Å². The van der Waals surface area contributed by atoms with Crippen LogP contribution >= 0.6 is 0 Å². The molecule has 0 amide bonds. The first kappa shape index (κ1) is 8.80. The number of nitrogens with two attached hydrogens (primary N) is 1. The molecule has 1 aliphatic carbocycles. The van der Waals surface area contributed by atoms with Gasteiger partial charge < -0.3 is 4.84 Å². The number of hydrogen-bond donors (Lipinski definition) is 1. The topological polar surface area (TPSA) is 35.2 Å². The molecule has 2 atom stereocenters. The van der Waals surface area contributed by atoms with E-state index in [1.165, 1.54) is 0 Å². The van der Waals surface area contributed by atoms with Crippen LogP contribution in [0.25, 0.3) is 0 Å². The second-order valence-electron chi connectivity index (χ2n) is 2.82. The Labute approximate surface area is 62.5 Å². The normalized spacial score (nSPS) is 31.6. The van der Waals surface area contributed by atoms with Gasteiger partial charge in [-0.15, -0.1) is 0 Å². The van der Waals surface area contributed by atoms with Crippen LogP contribution in [-0.4, -0.2) is 12.8 Å². The largest absolute Gasteiger partial charge is 0.392 e. The fourth-order valence-corrected chi connectivity index (χ4v) is 1.32. The summed E-state index contributed by atoms with van der Waals surface area (Å²) in [5, 5.41) is 0. The third-order valence-corrected chi connectivity index (χ3v) is 2.15. The fraction of sp³-hybridized carbons (Fsp3) is 1.00. The molecule has 0 spiro atoms. The van der Waals surface area contributed by atoms with Crippen LogP contribution in [0.5, 0.6) is 0 Å². The second-order valence-corrected chi connectivity index (χ2v) is 2.82. The highest BCUT2D eigenvalue weighted by Crippen LogP contribution is 2.45. The molecule has 11 heavy (non-hydrogen) atoms. The third kappa shape index (κ3) is 1.84. The second kappa shape index (κ2) is 2.98. The molecule has 66 valence electrons. The Kier molecular flexibility index (Phi) is 2.39. The fourth-order valence-electron chi connectivity index (χ4n) is 1.32. The molecule has 2 nitrogen and oxygen atoms in total. The van der Waals surface area contributed by atoms with Crippen molar-refractivity contribution in [1.29, 1.82) is 0 Å². The molecule has 0 aromatic rings. The summed E-state index contributed by atoms with van der Waals surface area (Å²) in [5.41, 5.74) is 0. The van der Waals surface area contributed by atoms with Crippen molar-refractivity contribution in [2.75, 3.05) is 6.61 Å². The molecule has 1 fully saturated rings. The maximum absolute atomic E-state index is 12.0. The molecule has 2 N–H and O–H groups in total. The molecule has 1 saturated carbocycles. The summed E-state index contributed by atoms with van der Waals surface area (Å²) in [4.78, 5) is 4.17. The van der Waals surface area contributed by atoms with Gasteiger partial charge in [0.15, 0.2) is 0 Å². The Morgan fingerprint density at radius 3 is 2.27 bits per heavy atom. The first-order valence-electron chi connectivity index (χ1n) is 3.44. The molecule has 1 aliphatic rings. The van der Waals surface area contributed by atoms with Gasteiger partial charge in [-0.05, 0) is 18.8 Å². The predicted octanol–water partition coefficient (Wildman–Crippen LogP) is 1.47. The zero-order chi connectivity index (χ0) is 8.48. The van der Waals surface area contributed by atoms with Crippen molar-refractivity contribution >= 4 is 0 Å². The highest BCUT2D eigenvalue weighted by Gasteiger charge is 2.49. The first-order valence-corrected chi connectivity index (χ1v) is 3.44. The first-order chi connectivity index (χ1) is 5.05. The molecular formula is C6H10F3NO. The summed E-state index contributed by atoms with van der Waals surface area (Å²) in [6, 6.07) is 0. The SMILES string of the molecule is NOC[C@@H]1CC[C@H]1C(F)(F)F. The Morgan fingerprint density at radius 2 is 2.00 bits per heavy atom. The van der Waals surface area contributed by atoms with Gasteiger partial charge in [-0.1, -0.05) is 0 Å². The smallest absolute Gasteiger partial charge is 0.304 e. The molecule has 0 radical (unpaired) electrons. The highest BCUT2D eigenvalue weighted by atomic mass is 19.4. The maximum atomic E-state index is 12.0. The molecule has 0 aliphatic heterocycles. The van der Waals surface area contributed by atoms with Crippen molar-refractivity contribution < 1.29 is 18.0 Å². The minimum atomic E-state index is -4.07. The van der Waals surface area contributed by atoms with Gasteiger partial charge in [0.1, 0.15) is 0 Å². The summed E-state index contributed by atoms with van der Waals surface area (Å²) in [6.45, 7) is 0.0180. The standard InChI is InChI=1S/C6H10F3NO/c7-6(8,9)5-2-1-4(5)3-11-10/h4-5H,1-3,10H2/t4-,5+/m0/s1.